The van der Waals surface area contributed by atoms with Gasteiger partial charge in [0.05, 0.1) is 12.3 Å². The molecule has 1 aromatic heterocycles. The van der Waals surface area contributed by atoms with E-state index in [1.807, 2.05) is 13.0 Å². The van der Waals surface area contributed by atoms with Crippen molar-refractivity contribution in [3.05, 3.63) is 18.0 Å². The van der Waals surface area contributed by atoms with Crippen LogP contribution in [0.15, 0.2) is 12.3 Å². The lowest BCUT2D eigenvalue weighted by Crippen LogP contribution is -2.37. The largest absolute Gasteiger partial charge is 0.465 e. The van der Waals surface area contributed by atoms with Crippen molar-refractivity contribution in [1.82, 2.24) is 15.5 Å². The zero-order valence-corrected chi connectivity index (χ0v) is 9.28. The molecule has 0 aliphatic rings. The van der Waals surface area contributed by atoms with E-state index in [4.69, 9.17) is 4.74 Å². The zero-order chi connectivity index (χ0) is 11.3. The van der Waals surface area contributed by atoms with E-state index >= 15 is 0 Å². The van der Waals surface area contributed by atoms with Gasteiger partial charge in [0.25, 0.3) is 0 Å². The molecule has 0 spiro atoms. The Hall–Kier alpha value is -1.36. The first-order valence-electron chi connectivity index (χ1n) is 5.07. The van der Waals surface area contributed by atoms with Gasteiger partial charge < -0.3 is 4.74 Å². The van der Waals surface area contributed by atoms with Crippen LogP contribution in [0.5, 0.6) is 0 Å². The molecule has 2 N–H and O–H groups in total. The quantitative estimate of drug-likeness (QED) is 0.713. The molecule has 5 nitrogen and oxygen atoms in total. The van der Waals surface area contributed by atoms with Gasteiger partial charge in [-0.3, -0.25) is 15.2 Å². The summed E-state index contributed by atoms with van der Waals surface area (Å²) in [5.41, 5.74) is 0.950. The molecule has 2 atom stereocenters. The van der Waals surface area contributed by atoms with Gasteiger partial charge in [-0.05, 0) is 26.8 Å². The Morgan fingerprint density at radius 1 is 1.67 bits per heavy atom. The van der Waals surface area contributed by atoms with Crippen LogP contribution in [0.1, 0.15) is 32.5 Å². The van der Waals surface area contributed by atoms with Crippen LogP contribution in [0, 0.1) is 0 Å². The second-order valence-electron chi connectivity index (χ2n) is 3.37. The van der Waals surface area contributed by atoms with E-state index in [2.05, 4.69) is 15.5 Å². The molecule has 1 heterocycles. The summed E-state index contributed by atoms with van der Waals surface area (Å²) in [6.07, 6.45) is 1.68. The summed E-state index contributed by atoms with van der Waals surface area (Å²) in [7, 11) is 0. The fourth-order valence-corrected chi connectivity index (χ4v) is 1.31. The number of hydrogen-bond donors (Lipinski definition) is 2. The van der Waals surface area contributed by atoms with Crippen LogP contribution < -0.4 is 5.32 Å². The van der Waals surface area contributed by atoms with Crippen LogP contribution in [0.4, 0.5) is 0 Å². The second kappa shape index (κ2) is 5.50. The molecule has 0 aliphatic heterocycles. The maximum absolute atomic E-state index is 11.3. The number of aromatic amines is 1. The number of esters is 1. The van der Waals surface area contributed by atoms with Crippen molar-refractivity contribution in [2.45, 2.75) is 32.9 Å². The Kier molecular flexibility index (Phi) is 4.30. The van der Waals surface area contributed by atoms with E-state index in [-0.39, 0.29) is 18.1 Å². The molecule has 0 aromatic carbocycles. The smallest absolute Gasteiger partial charge is 0.322 e. The number of H-pyrrole nitrogens is 1. The highest BCUT2D eigenvalue weighted by Gasteiger charge is 2.17. The van der Waals surface area contributed by atoms with E-state index in [1.54, 1.807) is 20.0 Å². The Morgan fingerprint density at radius 3 is 2.93 bits per heavy atom. The molecule has 2 unspecified atom stereocenters. The summed E-state index contributed by atoms with van der Waals surface area (Å²) in [6.45, 7) is 5.94. The van der Waals surface area contributed by atoms with Gasteiger partial charge in [-0.15, -0.1) is 0 Å². The lowest BCUT2D eigenvalue weighted by molar-refractivity contribution is -0.145. The number of hydrogen-bond acceptors (Lipinski definition) is 4. The minimum Gasteiger partial charge on any atom is -0.465 e. The molecule has 0 amide bonds. The van der Waals surface area contributed by atoms with Gasteiger partial charge in [-0.2, -0.15) is 5.10 Å². The highest BCUT2D eigenvalue weighted by molar-refractivity contribution is 5.75. The highest BCUT2D eigenvalue weighted by atomic mass is 16.5. The van der Waals surface area contributed by atoms with Gasteiger partial charge in [-0.25, -0.2) is 0 Å². The standard InChI is InChI=1S/C10H17N3O2/c1-4-15-10(14)8(3)12-7(2)9-5-6-11-13-9/h5-8,12H,4H2,1-3H3,(H,11,13). The Labute approximate surface area is 89.2 Å². The highest BCUT2D eigenvalue weighted by Crippen LogP contribution is 2.08. The maximum Gasteiger partial charge on any atom is 0.322 e. The van der Waals surface area contributed by atoms with E-state index in [0.717, 1.165) is 5.69 Å². The van der Waals surface area contributed by atoms with Crippen molar-refractivity contribution in [1.29, 1.82) is 0 Å². The number of carbonyl (C=O) groups is 1. The Balaban J connectivity index is 2.44. The second-order valence-corrected chi connectivity index (χ2v) is 3.37. The van der Waals surface area contributed by atoms with Gasteiger partial charge in [0.1, 0.15) is 6.04 Å². The summed E-state index contributed by atoms with van der Waals surface area (Å²) in [4.78, 5) is 11.3. The van der Waals surface area contributed by atoms with Crippen LogP contribution in [-0.2, 0) is 9.53 Å². The van der Waals surface area contributed by atoms with Crippen molar-refractivity contribution in [3.8, 4) is 0 Å². The van der Waals surface area contributed by atoms with Crippen molar-refractivity contribution in [3.63, 3.8) is 0 Å². The lowest BCUT2D eigenvalue weighted by atomic mass is 10.2. The van der Waals surface area contributed by atoms with E-state index in [1.165, 1.54) is 0 Å². The van der Waals surface area contributed by atoms with Gasteiger partial charge in [0.2, 0.25) is 0 Å². The molecule has 0 fully saturated rings. The molecule has 15 heavy (non-hydrogen) atoms. The molecule has 1 rings (SSSR count). The van der Waals surface area contributed by atoms with Crippen molar-refractivity contribution in [2.75, 3.05) is 6.61 Å². The third kappa shape index (κ3) is 3.36. The van der Waals surface area contributed by atoms with Crippen LogP contribution in [-0.4, -0.2) is 28.8 Å². The first-order valence-corrected chi connectivity index (χ1v) is 5.07. The molecule has 0 aliphatic carbocycles. The van der Waals surface area contributed by atoms with Gasteiger partial charge in [0, 0.05) is 12.2 Å². The number of rotatable bonds is 5. The molecule has 84 valence electrons. The minimum absolute atomic E-state index is 0.0481. The molecule has 0 saturated heterocycles. The predicted molar refractivity (Wildman–Crippen MR) is 56.2 cm³/mol. The Bertz CT molecular complexity index is 298. The third-order valence-corrected chi connectivity index (χ3v) is 2.13. The van der Waals surface area contributed by atoms with Crippen LogP contribution in [0.25, 0.3) is 0 Å². The lowest BCUT2D eigenvalue weighted by Gasteiger charge is -2.17. The Morgan fingerprint density at radius 2 is 2.40 bits per heavy atom. The molecule has 0 radical (unpaired) electrons. The minimum atomic E-state index is -0.316. The molecule has 1 aromatic rings. The third-order valence-electron chi connectivity index (χ3n) is 2.13. The summed E-state index contributed by atoms with van der Waals surface area (Å²) < 4.78 is 4.89. The summed E-state index contributed by atoms with van der Waals surface area (Å²) >= 11 is 0. The van der Waals surface area contributed by atoms with Crippen LogP contribution in [0.2, 0.25) is 0 Å². The summed E-state index contributed by atoms with van der Waals surface area (Å²) in [5.74, 6) is -0.233. The SMILES string of the molecule is CCOC(=O)C(C)NC(C)c1ccn[nH]1. The number of nitrogens with one attached hydrogen (secondary N) is 2. The summed E-state index contributed by atoms with van der Waals surface area (Å²) in [5, 5.41) is 9.82. The van der Waals surface area contributed by atoms with Crippen molar-refractivity contribution in [2.24, 2.45) is 0 Å². The first-order chi connectivity index (χ1) is 7.15. The van der Waals surface area contributed by atoms with E-state index in [9.17, 15) is 4.79 Å². The number of carbonyl (C=O) groups excluding carboxylic acids is 1. The van der Waals surface area contributed by atoms with Gasteiger partial charge in [-0.1, -0.05) is 0 Å². The maximum atomic E-state index is 11.3. The molecule has 0 bridgehead atoms. The summed E-state index contributed by atoms with van der Waals surface area (Å²) in [6, 6.07) is 1.60. The van der Waals surface area contributed by atoms with E-state index < -0.39 is 0 Å². The van der Waals surface area contributed by atoms with Crippen LogP contribution >= 0.6 is 0 Å². The van der Waals surface area contributed by atoms with Crippen molar-refractivity contribution < 1.29 is 9.53 Å². The molecular weight excluding hydrogens is 194 g/mol. The monoisotopic (exact) mass is 211 g/mol. The average Bonchev–Trinajstić information content (AvgIpc) is 2.70. The molecule has 0 saturated carbocycles. The first kappa shape index (κ1) is 11.7. The van der Waals surface area contributed by atoms with Gasteiger partial charge >= 0.3 is 5.97 Å². The fraction of sp³-hybridized carbons (Fsp3) is 0.600. The molecule has 5 heteroatoms. The fourth-order valence-electron chi connectivity index (χ4n) is 1.31. The number of nitrogens with zero attached hydrogens (tertiary/aromatic N) is 1. The number of ether oxygens (including phenoxy) is 1. The number of aromatic nitrogens is 2. The topological polar surface area (TPSA) is 67.0 Å². The van der Waals surface area contributed by atoms with E-state index in [0.29, 0.717) is 6.61 Å². The predicted octanol–water partition coefficient (Wildman–Crippen LogP) is 1.01. The average molecular weight is 211 g/mol. The van der Waals surface area contributed by atoms with Gasteiger partial charge in [0.15, 0.2) is 0 Å². The molecular formula is C10H17N3O2. The van der Waals surface area contributed by atoms with Crippen LogP contribution in [0.3, 0.4) is 0 Å². The normalized spacial score (nSPS) is 14.6. The zero-order valence-electron chi connectivity index (χ0n) is 9.28. The van der Waals surface area contributed by atoms with Crippen molar-refractivity contribution >= 4 is 5.97 Å².